The van der Waals surface area contributed by atoms with Crippen molar-refractivity contribution >= 4 is 5.69 Å². The zero-order valence-electron chi connectivity index (χ0n) is 12.7. The van der Waals surface area contributed by atoms with Crippen LogP contribution in [0.2, 0.25) is 0 Å². The molecule has 22 heavy (non-hydrogen) atoms. The van der Waals surface area contributed by atoms with E-state index < -0.39 is 0 Å². The molecule has 0 aliphatic carbocycles. The maximum Gasteiger partial charge on any atom is 0.290 e. The van der Waals surface area contributed by atoms with Crippen LogP contribution in [0.1, 0.15) is 18.4 Å². The standard InChI is InChI=1S/C17H19N3O2/c1-3-15-16(12-20(2)19-15)18-11-14-9-10-17(22-14)21-13-7-5-4-6-8-13/h4-10,12,18H,3,11H2,1-2H3. The summed E-state index contributed by atoms with van der Waals surface area (Å²) in [6.45, 7) is 2.68. The molecule has 5 nitrogen and oxygen atoms in total. The monoisotopic (exact) mass is 297 g/mol. The van der Waals surface area contributed by atoms with Crippen LogP contribution in [-0.2, 0) is 20.0 Å². The molecule has 0 aliphatic heterocycles. The van der Waals surface area contributed by atoms with E-state index >= 15 is 0 Å². The minimum absolute atomic E-state index is 0.491. The van der Waals surface area contributed by atoms with Gasteiger partial charge in [0.05, 0.1) is 17.9 Å². The largest absolute Gasteiger partial charge is 0.429 e. The Labute approximate surface area is 129 Å². The van der Waals surface area contributed by atoms with Crippen molar-refractivity contribution in [1.29, 1.82) is 0 Å². The number of para-hydroxylation sites is 1. The average Bonchev–Trinajstić information content (AvgIpc) is 3.12. The second kappa shape index (κ2) is 6.39. The van der Waals surface area contributed by atoms with E-state index in [9.17, 15) is 0 Å². The van der Waals surface area contributed by atoms with Crippen LogP contribution in [0.25, 0.3) is 0 Å². The average molecular weight is 297 g/mol. The normalized spacial score (nSPS) is 10.6. The lowest BCUT2D eigenvalue weighted by molar-refractivity contribution is 0.334. The number of furan rings is 1. The minimum Gasteiger partial charge on any atom is -0.429 e. The molecule has 0 aliphatic rings. The number of aryl methyl sites for hydroxylation is 2. The zero-order valence-corrected chi connectivity index (χ0v) is 12.7. The third-order valence-corrected chi connectivity index (χ3v) is 3.29. The highest BCUT2D eigenvalue weighted by Crippen LogP contribution is 2.24. The lowest BCUT2D eigenvalue weighted by Gasteiger charge is -2.03. The van der Waals surface area contributed by atoms with Gasteiger partial charge in [-0.05, 0) is 24.6 Å². The Balaban J connectivity index is 1.62. The molecule has 0 fully saturated rings. The molecule has 1 aromatic carbocycles. The van der Waals surface area contributed by atoms with Crippen LogP contribution in [0.3, 0.4) is 0 Å². The fraction of sp³-hybridized carbons (Fsp3) is 0.235. The Kier molecular flexibility index (Phi) is 4.14. The van der Waals surface area contributed by atoms with Crippen molar-refractivity contribution in [3.8, 4) is 11.7 Å². The zero-order chi connectivity index (χ0) is 15.4. The topological polar surface area (TPSA) is 52.2 Å². The van der Waals surface area contributed by atoms with E-state index in [0.717, 1.165) is 29.3 Å². The molecule has 0 unspecified atom stereocenters. The van der Waals surface area contributed by atoms with Crippen LogP contribution < -0.4 is 10.1 Å². The Morgan fingerprint density at radius 3 is 2.77 bits per heavy atom. The maximum atomic E-state index is 5.68. The first-order chi connectivity index (χ1) is 10.7. The Bertz CT molecular complexity index is 731. The van der Waals surface area contributed by atoms with E-state index in [1.165, 1.54) is 0 Å². The molecule has 1 N–H and O–H groups in total. The first-order valence-electron chi connectivity index (χ1n) is 7.32. The van der Waals surface area contributed by atoms with Crippen LogP contribution in [0.15, 0.2) is 53.1 Å². The van der Waals surface area contributed by atoms with E-state index in [-0.39, 0.29) is 0 Å². The summed E-state index contributed by atoms with van der Waals surface area (Å²) < 4.78 is 13.1. The summed E-state index contributed by atoms with van der Waals surface area (Å²) >= 11 is 0. The number of hydrogen-bond acceptors (Lipinski definition) is 4. The summed E-state index contributed by atoms with van der Waals surface area (Å²) in [5.41, 5.74) is 2.08. The Morgan fingerprint density at radius 1 is 1.18 bits per heavy atom. The molecule has 3 rings (SSSR count). The van der Waals surface area contributed by atoms with Gasteiger partial charge in [0.25, 0.3) is 5.95 Å². The smallest absolute Gasteiger partial charge is 0.290 e. The van der Waals surface area contributed by atoms with Gasteiger partial charge in [-0.15, -0.1) is 0 Å². The first-order valence-corrected chi connectivity index (χ1v) is 7.32. The molecule has 114 valence electrons. The van der Waals surface area contributed by atoms with Crippen molar-refractivity contribution < 1.29 is 9.15 Å². The highest BCUT2D eigenvalue weighted by molar-refractivity contribution is 5.46. The van der Waals surface area contributed by atoms with Crippen LogP contribution >= 0.6 is 0 Å². The van der Waals surface area contributed by atoms with Crippen molar-refractivity contribution in [3.05, 3.63) is 60.1 Å². The van der Waals surface area contributed by atoms with Crippen LogP contribution in [-0.4, -0.2) is 9.78 Å². The van der Waals surface area contributed by atoms with E-state index in [1.54, 1.807) is 0 Å². The maximum absolute atomic E-state index is 5.68. The van der Waals surface area contributed by atoms with Gasteiger partial charge in [-0.1, -0.05) is 25.1 Å². The van der Waals surface area contributed by atoms with E-state index in [0.29, 0.717) is 12.5 Å². The summed E-state index contributed by atoms with van der Waals surface area (Å²) in [6, 6.07) is 13.3. The molecule has 2 aromatic heterocycles. The molecule has 5 heteroatoms. The van der Waals surface area contributed by atoms with Gasteiger partial charge in [0.1, 0.15) is 11.5 Å². The van der Waals surface area contributed by atoms with Gasteiger partial charge in [0.15, 0.2) is 0 Å². The van der Waals surface area contributed by atoms with Gasteiger partial charge in [-0.2, -0.15) is 5.10 Å². The highest BCUT2D eigenvalue weighted by atomic mass is 16.6. The Hall–Kier alpha value is -2.69. The molecule has 0 bridgehead atoms. The van der Waals surface area contributed by atoms with Crippen molar-refractivity contribution in [2.75, 3.05) is 5.32 Å². The lowest BCUT2D eigenvalue weighted by atomic mass is 10.3. The third-order valence-electron chi connectivity index (χ3n) is 3.29. The summed E-state index contributed by atoms with van der Waals surface area (Å²) in [5.74, 6) is 2.07. The summed E-state index contributed by atoms with van der Waals surface area (Å²) in [4.78, 5) is 0. The molecule has 3 aromatic rings. The summed E-state index contributed by atoms with van der Waals surface area (Å²) in [5, 5.41) is 7.75. The molecule has 0 radical (unpaired) electrons. The fourth-order valence-corrected chi connectivity index (χ4v) is 2.24. The number of hydrogen-bond donors (Lipinski definition) is 1. The van der Waals surface area contributed by atoms with Gasteiger partial charge in [-0.25, -0.2) is 0 Å². The van der Waals surface area contributed by atoms with Crippen molar-refractivity contribution in [3.63, 3.8) is 0 Å². The summed E-state index contributed by atoms with van der Waals surface area (Å²) in [6.07, 6.45) is 2.87. The molecule has 0 saturated heterocycles. The number of rotatable bonds is 6. The van der Waals surface area contributed by atoms with Gasteiger partial charge >= 0.3 is 0 Å². The Morgan fingerprint density at radius 2 is 2.00 bits per heavy atom. The molecule has 0 spiro atoms. The first kappa shape index (κ1) is 14.3. The second-order valence-electron chi connectivity index (χ2n) is 5.01. The van der Waals surface area contributed by atoms with E-state index in [2.05, 4.69) is 17.3 Å². The lowest BCUT2D eigenvalue weighted by Crippen LogP contribution is -1.99. The second-order valence-corrected chi connectivity index (χ2v) is 5.01. The van der Waals surface area contributed by atoms with E-state index in [1.807, 2.05) is 60.4 Å². The molecule has 0 atom stereocenters. The number of benzene rings is 1. The number of anilines is 1. The number of nitrogens with zero attached hydrogens (tertiary/aromatic N) is 2. The number of ether oxygens (including phenoxy) is 1. The van der Waals surface area contributed by atoms with Gasteiger partial charge in [-0.3, -0.25) is 4.68 Å². The van der Waals surface area contributed by atoms with Gasteiger partial charge in [0, 0.05) is 19.3 Å². The SMILES string of the molecule is CCc1nn(C)cc1NCc1ccc(Oc2ccccc2)o1. The predicted octanol–water partition coefficient (Wildman–Crippen LogP) is 3.98. The number of nitrogens with one attached hydrogen (secondary N) is 1. The highest BCUT2D eigenvalue weighted by Gasteiger charge is 2.08. The van der Waals surface area contributed by atoms with Crippen molar-refractivity contribution in [2.45, 2.75) is 19.9 Å². The molecule has 0 amide bonds. The number of aromatic nitrogens is 2. The van der Waals surface area contributed by atoms with E-state index in [4.69, 9.17) is 9.15 Å². The molecular formula is C17H19N3O2. The fourth-order valence-electron chi connectivity index (χ4n) is 2.24. The third kappa shape index (κ3) is 3.31. The van der Waals surface area contributed by atoms with Crippen LogP contribution in [0.4, 0.5) is 5.69 Å². The quantitative estimate of drug-likeness (QED) is 0.747. The molecule has 0 saturated carbocycles. The van der Waals surface area contributed by atoms with Crippen molar-refractivity contribution in [2.24, 2.45) is 7.05 Å². The molecular weight excluding hydrogens is 278 g/mol. The van der Waals surface area contributed by atoms with Crippen LogP contribution in [0.5, 0.6) is 11.7 Å². The minimum atomic E-state index is 0.491. The van der Waals surface area contributed by atoms with Gasteiger partial charge < -0.3 is 14.5 Å². The molecule has 2 heterocycles. The van der Waals surface area contributed by atoms with Crippen LogP contribution in [0, 0.1) is 0 Å². The summed E-state index contributed by atoms with van der Waals surface area (Å²) in [7, 11) is 1.92. The predicted molar refractivity (Wildman–Crippen MR) is 85.1 cm³/mol. The van der Waals surface area contributed by atoms with Gasteiger partial charge in [0.2, 0.25) is 0 Å². The van der Waals surface area contributed by atoms with Crippen molar-refractivity contribution in [1.82, 2.24) is 9.78 Å².